The zero-order valence-corrected chi connectivity index (χ0v) is 7.58. The molecule has 1 aliphatic rings. The van der Waals surface area contributed by atoms with Gasteiger partial charge in [-0.25, -0.2) is 5.90 Å². The molecule has 0 amide bonds. The molecule has 0 spiro atoms. The first-order valence-corrected chi connectivity index (χ1v) is 4.16. The number of ketones is 1. The summed E-state index contributed by atoms with van der Waals surface area (Å²) in [6, 6.07) is 5.95. The van der Waals surface area contributed by atoms with Crippen LogP contribution in [0.15, 0.2) is 18.2 Å². The van der Waals surface area contributed by atoms with Crippen LogP contribution in [0.5, 0.6) is 0 Å². The minimum Gasteiger partial charge on any atom is -0.320 e. The Bertz CT molecular complexity index is 321. The van der Waals surface area contributed by atoms with E-state index < -0.39 is 0 Å². The van der Waals surface area contributed by atoms with E-state index in [2.05, 4.69) is 18.9 Å². The highest BCUT2D eigenvalue weighted by atomic mass is 16.4. The second kappa shape index (κ2) is 4.16. The van der Waals surface area contributed by atoms with E-state index in [0.717, 1.165) is 12.0 Å². The molecule has 0 fully saturated rings. The Balaban J connectivity index is 0.000000396. The molecule has 13 heavy (non-hydrogen) atoms. The zero-order valence-electron chi connectivity index (χ0n) is 7.58. The maximum absolute atomic E-state index is 11.2. The van der Waals surface area contributed by atoms with E-state index in [1.54, 1.807) is 0 Å². The highest BCUT2D eigenvalue weighted by Gasteiger charge is 2.19. The van der Waals surface area contributed by atoms with Crippen LogP contribution in [0.4, 0.5) is 0 Å². The first kappa shape index (κ1) is 9.89. The Labute approximate surface area is 77.1 Å². The molecule has 0 saturated carbocycles. The van der Waals surface area contributed by atoms with Crippen LogP contribution in [0.3, 0.4) is 0 Å². The lowest BCUT2D eigenvalue weighted by Crippen LogP contribution is -1.91. The van der Waals surface area contributed by atoms with Gasteiger partial charge < -0.3 is 5.21 Å². The van der Waals surface area contributed by atoms with Crippen LogP contribution in [-0.2, 0) is 6.42 Å². The minimum absolute atomic E-state index is 0.309. The predicted octanol–water partition coefficient (Wildman–Crippen LogP) is 1.46. The van der Waals surface area contributed by atoms with E-state index in [0.29, 0.717) is 12.2 Å². The summed E-state index contributed by atoms with van der Waals surface area (Å²) in [5.74, 6) is 3.81. The number of aryl methyl sites for hydroxylation is 1. The van der Waals surface area contributed by atoms with Crippen molar-refractivity contribution in [2.45, 2.75) is 19.8 Å². The van der Waals surface area contributed by atoms with Gasteiger partial charge in [-0.05, 0) is 24.5 Å². The number of hydrogen-bond acceptors (Lipinski definition) is 3. The second-order valence-electron chi connectivity index (χ2n) is 3.02. The summed E-state index contributed by atoms with van der Waals surface area (Å²) < 4.78 is 0. The highest BCUT2D eigenvalue weighted by molar-refractivity contribution is 6.00. The van der Waals surface area contributed by atoms with Crippen molar-refractivity contribution in [3.05, 3.63) is 34.9 Å². The molecule has 0 bridgehead atoms. The van der Waals surface area contributed by atoms with Crippen LogP contribution >= 0.6 is 0 Å². The summed E-state index contributed by atoms with van der Waals surface area (Å²) in [5.41, 5.74) is 3.47. The molecule has 0 aromatic heterocycles. The topological polar surface area (TPSA) is 63.3 Å². The third-order valence-electron chi connectivity index (χ3n) is 2.31. The van der Waals surface area contributed by atoms with Crippen LogP contribution < -0.4 is 5.90 Å². The SMILES string of the molecule is Cc1cccc2c1CCC2=O.NO. The van der Waals surface area contributed by atoms with Gasteiger partial charge in [0.2, 0.25) is 0 Å². The van der Waals surface area contributed by atoms with Crippen molar-refractivity contribution in [1.82, 2.24) is 0 Å². The number of fused-ring (bicyclic) bond motifs is 1. The molecular formula is C10H13NO2. The standard InChI is InChI=1S/C10H10O.H3NO/c1-7-3-2-4-9-8(7)5-6-10(9)11;1-2/h2-4H,5-6H2,1H3;2H,1H2. The highest BCUT2D eigenvalue weighted by Crippen LogP contribution is 2.24. The smallest absolute Gasteiger partial charge is 0.163 e. The molecule has 0 aliphatic heterocycles. The van der Waals surface area contributed by atoms with Crippen LogP contribution in [0.1, 0.15) is 27.9 Å². The van der Waals surface area contributed by atoms with Gasteiger partial charge in [0.15, 0.2) is 5.78 Å². The fraction of sp³-hybridized carbons (Fsp3) is 0.300. The Morgan fingerprint density at radius 2 is 2.00 bits per heavy atom. The van der Waals surface area contributed by atoms with Gasteiger partial charge in [0.05, 0.1) is 0 Å². The van der Waals surface area contributed by atoms with Gasteiger partial charge in [-0.2, -0.15) is 0 Å². The van der Waals surface area contributed by atoms with Crippen LogP contribution in [0.25, 0.3) is 0 Å². The molecular weight excluding hydrogens is 166 g/mol. The van der Waals surface area contributed by atoms with Crippen LogP contribution in [0, 0.1) is 6.92 Å². The summed E-state index contributed by atoms with van der Waals surface area (Å²) in [6.07, 6.45) is 1.65. The molecule has 3 nitrogen and oxygen atoms in total. The number of carbonyl (C=O) groups is 1. The summed E-state index contributed by atoms with van der Waals surface area (Å²) >= 11 is 0. The quantitative estimate of drug-likeness (QED) is 0.592. The van der Waals surface area contributed by atoms with E-state index in [9.17, 15) is 4.79 Å². The fourth-order valence-electron chi connectivity index (χ4n) is 1.67. The van der Waals surface area contributed by atoms with E-state index >= 15 is 0 Å². The van der Waals surface area contributed by atoms with Crippen molar-refractivity contribution in [3.63, 3.8) is 0 Å². The molecule has 1 aliphatic carbocycles. The van der Waals surface area contributed by atoms with Gasteiger partial charge in [-0.15, -0.1) is 0 Å². The molecule has 0 saturated heterocycles. The van der Waals surface area contributed by atoms with Gasteiger partial charge in [-0.3, -0.25) is 4.79 Å². The van der Waals surface area contributed by atoms with E-state index in [1.165, 1.54) is 11.1 Å². The molecule has 1 aromatic rings. The van der Waals surface area contributed by atoms with E-state index in [4.69, 9.17) is 5.21 Å². The molecule has 3 N–H and O–H groups in total. The van der Waals surface area contributed by atoms with E-state index in [1.807, 2.05) is 12.1 Å². The third-order valence-corrected chi connectivity index (χ3v) is 2.31. The van der Waals surface area contributed by atoms with Gasteiger partial charge in [0, 0.05) is 12.0 Å². The molecule has 70 valence electrons. The fourth-order valence-corrected chi connectivity index (χ4v) is 1.67. The average Bonchev–Trinajstić information content (AvgIpc) is 2.53. The van der Waals surface area contributed by atoms with Gasteiger partial charge in [-0.1, -0.05) is 18.2 Å². The summed E-state index contributed by atoms with van der Waals surface area (Å²) in [4.78, 5) is 11.2. The third kappa shape index (κ3) is 1.76. The van der Waals surface area contributed by atoms with E-state index in [-0.39, 0.29) is 0 Å². The molecule has 0 radical (unpaired) electrons. The first-order chi connectivity index (χ1) is 6.29. The number of nitrogens with two attached hydrogens (primary N) is 1. The van der Waals surface area contributed by atoms with Crippen molar-refractivity contribution in [2.24, 2.45) is 5.90 Å². The Morgan fingerprint density at radius 3 is 2.62 bits per heavy atom. The van der Waals surface area contributed by atoms with Gasteiger partial charge in [0.1, 0.15) is 0 Å². The Hall–Kier alpha value is -1.19. The number of benzene rings is 1. The average molecular weight is 179 g/mol. The maximum Gasteiger partial charge on any atom is 0.163 e. The van der Waals surface area contributed by atoms with Crippen molar-refractivity contribution < 1.29 is 10.0 Å². The van der Waals surface area contributed by atoms with Crippen molar-refractivity contribution in [1.29, 1.82) is 0 Å². The summed E-state index contributed by atoms with van der Waals surface area (Å²) in [7, 11) is 0. The largest absolute Gasteiger partial charge is 0.320 e. The normalized spacial score (nSPS) is 13.3. The number of rotatable bonds is 0. The van der Waals surface area contributed by atoms with Crippen molar-refractivity contribution in [3.8, 4) is 0 Å². The summed E-state index contributed by atoms with van der Waals surface area (Å²) in [6.45, 7) is 2.07. The van der Waals surface area contributed by atoms with Crippen LogP contribution in [0.2, 0.25) is 0 Å². The molecule has 3 heteroatoms. The Morgan fingerprint density at radius 1 is 1.31 bits per heavy atom. The first-order valence-electron chi connectivity index (χ1n) is 4.16. The maximum atomic E-state index is 11.2. The monoisotopic (exact) mass is 179 g/mol. The number of carbonyl (C=O) groups excluding carboxylic acids is 1. The predicted molar refractivity (Wildman–Crippen MR) is 49.8 cm³/mol. The Kier molecular flexibility index (Phi) is 3.17. The number of hydrogen-bond donors (Lipinski definition) is 2. The lowest BCUT2D eigenvalue weighted by Gasteiger charge is -1.99. The van der Waals surface area contributed by atoms with Gasteiger partial charge >= 0.3 is 0 Å². The van der Waals surface area contributed by atoms with Crippen LogP contribution in [-0.4, -0.2) is 11.0 Å². The minimum atomic E-state index is 0.309. The van der Waals surface area contributed by atoms with Crippen molar-refractivity contribution >= 4 is 5.78 Å². The summed E-state index contributed by atoms with van der Waals surface area (Å²) in [5, 5.41) is 6.50. The van der Waals surface area contributed by atoms with Crippen molar-refractivity contribution in [2.75, 3.05) is 0 Å². The molecule has 0 heterocycles. The van der Waals surface area contributed by atoms with Gasteiger partial charge in [0.25, 0.3) is 0 Å². The lowest BCUT2D eigenvalue weighted by atomic mass is 10.1. The number of Topliss-reactive ketones (excluding diaryl/α,β-unsaturated/α-hetero) is 1. The molecule has 2 rings (SSSR count). The zero-order chi connectivity index (χ0) is 9.84. The lowest BCUT2D eigenvalue weighted by molar-refractivity contribution is 0.0994. The molecule has 0 unspecified atom stereocenters. The molecule has 1 aromatic carbocycles. The molecule has 0 atom stereocenters. The second-order valence-corrected chi connectivity index (χ2v) is 3.02.